The number of benzene rings is 2. The molecule has 0 spiro atoms. The molecule has 6 heteroatoms. The van der Waals surface area contributed by atoms with Crippen LogP contribution in [0.1, 0.15) is 29.3 Å². The molecule has 0 aliphatic heterocycles. The number of ether oxygens (including phenoxy) is 2. The Kier molecular flexibility index (Phi) is 6.83. The van der Waals surface area contributed by atoms with Crippen molar-refractivity contribution in [2.75, 3.05) is 18.5 Å². The van der Waals surface area contributed by atoms with Crippen molar-refractivity contribution in [2.45, 2.75) is 20.3 Å². The highest BCUT2D eigenvalue weighted by Crippen LogP contribution is 2.21. The van der Waals surface area contributed by atoms with E-state index >= 15 is 0 Å². The number of amides is 1. The van der Waals surface area contributed by atoms with Crippen LogP contribution in [0.4, 0.5) is 5.69 Å². The number of rotatable bonds is 7. The van der Waals surface area contributed by atoms with Crippen LogP contribution in [0.5, 0.6) is 5.75 Å². The molecule has 25 heavy (non-hydrogen) atoms. The summed E-state index contributed by atoms with van der Waals surface area (Å²) in [6.45, 7) is 3.99. The lowest BCUT2D eigenvalue weighted by molar-refractivity contribution is -0.118. The zero-order valence-corrected chi connectivity index (χ0v) is 14.9. The predicted octanol–water partition coefficient (Wildman–Crippen LogP) is 4.23. The van der Waals surface area contributed by atoms with Crippen LogP contribution in [-0.4, -0.2) is 25.1 Å². The number of carbonyl (C=O) groups is 2. The summed E-state index contributed by atoms with van der Waals surface area (Å²) >= 11 is 5.89. The van der Waals surface area contributed by atoms with Gasteiger partial charge in [0.2, 0.25) is 0 Å². The van der Waals surface area contributed by atoms with Crippen LogP contribution < -0.4 is 10.1 Å². The second-order valence-corrected chi connectivity index (χ2v) is 5.90. The average Bonchev–Trinajstić information content (AvgIpc) is 2.59. The molecule has 0 heterocycles. The maximum atomic E-state index is 12.0. The Labute approximate surface area is 151 Å². The van der Waals surface area contributed by atoms with Crippen molar-refractivity contribution in [3.63, 3.8) is 0 Å². The van der Waals surface area contributed by atoms with Crippen molar-refractivity contribution in [2.24, 2.45) is 0 Å². The third-order valence-electron chi connectivity index (χ3n) is 3.32. The maximum absolute atomic E-state index is 12.0. The van der Waals surface area contributed by atoms with Crippen LogP contribution in [0, 0.1) is 6.92 Å². The van der Waals surface area contributed by atoms with E-state index in [0.29, 0.717) is 28.6 Å². The van der Waals surface area contributed by atoms with Gasteiger partial charge in [-0.3, -0.25) is 4.79 Å². The molecule has 0 aliphatic carbocycles. The van der Waals surface area contributed by atoms with Gasteiger partial charge >= 0.3 is 5.97 Å². The highest BCUT2D eigenvalue weighted by molar-refractivity contribution is 6.30. The van der Waals surface area contributed by atoms with Crippen molar-refractivity contribution in [3.8, 4) is 5.75 Å². The quantitative estimate of drug-likeness (QED) is 0.749. The molecule has 0 atom stereocenters. The van der Waals surface area contributed by atoms with Gasteiger partial charge in [0.15, 0.2) is 6.61 Å². The topological polar surface area (TPSA) is 64.6 Å². The molecule has 2 aromatic rings. The van der Waals surface area contributed by atoms with E-state index in [4.69, 9.17) is 21.1 Å². The first kappa shape index (κ1) is 18.8. The van der Waals surface area contributed by atoms with Gasteiger partial charge in [0, 0.05) is 10.7 Å². The number of anilines is 1. The third kappa shape index (κ3) is 5.80. The molecule has 2 aromatic carbocycles. The minimum Gasteiger partial charge on any atom is -0.483 e. The molecule has 0 aliphatic rings. The zero-order valence-electron chi connectivity index (χ0n) is 14.2. The van der Waals surface area contributed by atoms with Crippen molar-refractivity contribution in [3.05, 3.63) is 58.6 Å². The van der Waals surface area contributed by atoms with Gasteiger partial charge in [-0.25, -0.2) is 4.79 Å². The van der Waals surface area contributed by atoms with Crippen molar-refractivity contribution < 1.29 is 19.1 Å². The normalized spacial score (nSPS) is 10.2. The van der Waals surface area contributed by atoms with E-state index in [9.17, 15) is 9.59 Å². The van der Waals surface area contributed by atoms with Crippen LogP contribution in [0.15, 0.2) is 42.5 Å². The van der Waals surface area contributed by atoms with E-state index in [0.717, 1.165) is 12.0 Å². The number of aryl methyl sites for hydroxylation is 1. The Bertz CT molecular complexity index is 761. The summed E-state index contributed by atoms with van der Waals surface area (Å²) in [4.78, 5) is 23.9. The number of carbonyl (C=O) groups excluding carboxylic acids is 2. The standard InChI is InChI=1S/C19H20ClNO4/c1-3-9-24-19(23)14-5-4-6-16(11-14)21-18(22)12-25-17-8-7-15(20)10-13(17)2/h4-8,10-11H,3,9,12H2,1-2H3,(H,21,22). The van der Waals surface area contributed by atoms with Gasteiger partial charge in [-0.05, 0) is 55.3 Å². The smallest absolute Gasteiger partial charge is 0.338 e. The minimum atomic E-state index is -0.411. The Morgan fingerprint density at radius 1 is 1.16 bits per heavy atom. The Morgan fingerprint density at radius 3 is 2.68 bits per heavy atom. The number of halogens is 1. The van der Waals surface area contributed by atoms with E-state index in [2.05, 4.69) is 5.32 Å². The fraction of sp³-hybridized carbons (Fsp3) is 0.263. The number of esters is 1. The molecule has 0 aromatic heterocycles. The summed E-state index contributed by atoms with van der Waals surface area (Å²) in [5.74, 6) is -0.143. The van der Waals surface area contributed by atoms with Gasteiger partial charge in [-0.2, -0.15) is 0 Å². The summed E-state index contributed by atoms with van der Waals surface area (Å²) in [5, 5.41) is 3.31. The second-order valence-electron chi connectivity index (χ2n) is 5.46. The Balaban J connectivity index is 1.93. The maximum Gasteiger partial charge on any atom is 0.338 e. The number of hydrogen-bond donors (Lipinski definition) is 1. The monoisotopic (exact) mass is 361 g/mol. The molecule has 5 nitrogen and oxygen atoms in total. The van der Waals surface area contributed by atoms with Crippen LogP contribution >= 0.6 is 11.6 Å². The third-order valence-corrected chi connectivity index (χ3v) is 3.55. The molecule has 1 N–H and O–H groups in total. The molecular formula is C19H20ClNO4. The molecular weight excluding hydrogens is 342 g/mol. The number of hydrogen-bond acceptors (Lipinski definition) is 4. The minimum absolute atomic E-state index is 0.146. The molecule has 0 radical (unpaired) electrons. The molecule has 0 unspecified atom stereocenters. The Morgan fingerprint density at radius 2 is 1.96 bits per heavy atom. The van der Waals surface area contributed by atoms with E-state index in [1.54, 1.807) is 42.5 Å². The molecule has 132 valence electrons. The van der Waals surface area contributed by atoms with Gasteiger partial charge in [0.1, 0.15) is 5.75 Å². The van der Waals surface area contributed by atoms with E-state index in [1.165, 1.54) is 0 Å². The molecule has 0 saturated heterocycles. The van der Waals surface area contributed by atoms with E-state index < -0.39 is 5.97 Å². The molecule has 0 saturated carbocycles. The van der Waals surface area contributed by atoms with Gasteiger partial charge in [0.05, 0.1) is 12.2 Å². The first-order valence-electron chi connectivity index (χ1n) is 7.95. The zero-order chi connectivity index (χ0) is 18.2. The van der Waals surface area contributed by atoms with Crippen molar-refractivity contribution in [1.82, 2.24) is 0 Å². The lowest BCUT2D eigenvalue weighted by Gasteiger charge is -2.10. The Hall–Kier alpha value is -2.53. The van der Waals surface area contributed by atoms with Crippen LogP contribution in [-0.2, 0) is 9.53 Å². The number of nitrogens with one attached hydrogen (secondary N) is 1. The molecule has 1 amide bonds. The predicted molar refractivity (Wildman–Crippen MR) is 97.3 cm³/mol. The fourth-order valence-corrected chi connectivity index (χ4v) is 2.34. The second kappa shape index (κ2) is 9.08. The molecule has 0 bridgehead atoms. The van der Waals surface area contributed by atoms with Gasteiger partial charge in [0.25, 0.3) is 5.91 Å². The lowest BCUT2D eigenvalue weighted by atomic mass is 10.2. The van der Waals surface area contributed by atoms with Gasteiger partial charge in [-0.15, -0.1) is 0 Å². The summed E-state index contributed by atoms with van der Waals surface area (Å²) in [6.07, 6.45) is 0.754. The highest BCUT2D eigenvalue weighted by Gasteiger charge is 2.10. The first-order valence-corrected chi connectivity index (χ1v) is 8.33. The van der Waals surface area contributed by atoms with Crippen molar-refractivity contribution in [1.29, 1.82) is 0 Å². The fourth-order valence-electron chi connectivity index (χ4n) is 2.12. The van der Waals surface area contributed by atoms with Crippen LogP contribution in [0.25, 0.3) is 0 Å². The summed E-state index contributed by atoms with van der Waals surface area (Å²) in [6, 6.07) is 11.8. The SMILES string of the molecule is CCCOC(=O)c1cccc(NC(=O)COc2ccc(Cl)cc2C)c1. The highest BCUT2D eigenvalue weighted by atomic mass is 35.5. The molecule has 0 fully saturated rings. The van der Waals surface area contributed by atoms with E-state index in [1.807, 2.05) is 13.8 Å². The summed E-state index contributed by atoms with van der Waals surface area (Å²) in [5.41, 5.74) is 1.74. The van der Waals surface area contributed by atoms with Crippen LogP contribution in [0.2, 0.25) is 5.02 Å². The van der Waals surface area contributed by atoms with Crippen LogP contribution in [0.3, 0.4) is 0 Å². The summed E-state index contributed by atoms with van der Waals surface area (Å²) in [7, 11) is 0. The average molecular weight is 362 g/mol. The lowest BCUT2D eigenvalue weighted by Crippen LogP contribution is -2.20. The van der Waals surface area contributed by atoms with Crippen molar-refractivity contribution >= 4 is 29.2 Å². The largest absolute Gasteiger partial charge is 0.483 e. The van der Waals surface area contributed by atoms with Gasteiger partial charge < -0.3 is 14.8 Å². The molecule has 2 rings (SSSR count). The first-order chi connectivity index (χ1) is 12.0. The summed E-state index contributed by atoms with van der Waals surface area (Å²) < 4.78 is 10.6. The van der Waals surface area contributed by atoms with Gasteiger partial charge in [-0.1, -0.05) is 24.6 Å². The van der Waals surface area contributed by atoms with E-state index in [-0.39, 0.29) is 12.5 Å².